The van der Waals surface area contributed by atoms with Crippen LogP contribution in [0.25, 0.3) is 5.70 Å². The van der Waals surface area contributed by atoms with E-state index in [0.29, 0.717) is 5.95 Å². The molecule has 0 bridgehead atoms. The molecule has 2 aromatic carbocycles. The van der Waals surface area contributed by atoms with Crippen molar-refractivity contribution in [1.82, 2.24) is 25.5 Å². The van der Waals surface area contributed by atoms with Crippen LogP contribution in [-0.4, -0.2) is 38.7 Å². The molecular formula is C26H30N6O. The number of anilines is 1. The van der Waals surface area contributed by atoms with Gasteiger partial charge in [-0.25, -0.2) is 0 Å². The highest BCUT2D eigenvalue weighted by Crippen LogP contribution is 2.36. The van der Waals surface area contributed by atoms with Crippen LogP contribution < -0.4 is 10.2 Å². The number of nitrogens with one attached hydrogen (secondary N) is 1. The summed E-state index contributed by atoms with van der Waals surface area (Å²) < 4.78 is 1.80. The van der Waals surface area contributed by atoms with Crippen molar-refractivity contribution in [3.05, 3.63) is 76.9 Å². The molecule has 0 spiro atoms. The minimum atomic E-state index is -0.149. The van der Waals surface area contributed by atoms with Gasteiger partial charge in [-0.15, -0.1) is 0 Å². The van der Waals surface area contributed by atoms with Crippen LogP contribution >= 0.6 is 0 Å². The van der Waals surface area contributed by atoms with E-state index in [2.05, 4.69) is 89.3 Å². The fourth-order valence-corrected chi connectivity index (χ4v) is 4.76. The second kappa shape index (κ2) is 9.17. The lowest BCUT2D eigenvalue weighted by atomic mass is 9.95. The topological polar surface area (TPSA) is 75.9 Å². The Morgan fingerprint density at radius 1 is 0.970 bits per heavy atom. The molecule has 1 unspecified atom stereocenters. The first-order valence-corrected chi connectivity index (χ1v) is 11.8. The first-order valence-electron chi connectivity index (χ1n) is 11.8. The van der Waals surface area contributed by atoms with Gasteiger partial charge >= 0.3 is 0 Å². The number of hydrogen-bond acceptors (Lipinski definition) is 5. The van der Waals surface area contributed by atoms with Crippen molar-refractivity contribution < 1.29 is 4.79 Å². The molecule has 33 heavy (non-hydrogen) atoms. The second-order valence-corrected chi connectivity index (χ2v) is 9.19. The number of rotatable bonds is 5. The van der Waals surface area contributed by atoms with Gasteiger partial charge in [-0.05, 0) is 54.3 Å². The Morgan fingerprint density at radius 2 is 1.64 bits per heavy atom. The Morgan fingerprint density at radius 3 is 2.33 bits per heavy atom. The van der Waals surface area contributed by atoms with Crippen molar-refractivity contribution in [2.45, 2.75) is 58.0 Å². The molecule has 0 radical (unpaired) electrons. The highest BCUT2D eigenvalue weighted by atomic mass is 16.2. The average molecular weight is 443 g/mol. The van der Waals surface area contributed by atoms with Crippen LogP contribution in [-0.2, 0) is 4.79 Å². The zero-order chi connectivity index (χ0) is 22.8. The third-order valence-electron chi connectivity index (χ3n) is 6.63. The molecule has 2 heterocycles. The number of carbonyl (C=O) groups is 1. The summed E-state index contributed by atoms with van der Waals surface area (Å²) in [6, 6.07) is 16.9. The summed E-state index contributed by atoms with van der Waals surface area (Å²) in [5, 5.41) is 15.8. The number of benzene rings is 2. The fraction of sp³-hybridized carbons (Fsp3) is 0.385. The normalized spacial score (nSPS) is 18.5. The van der Waals surface area contributed by atoms with Crippen molar-refractivity contribution >= 4 is 17.6 Å². The van der Waals surface area contributed by atoms with E-state index in [0.717, 1.165) is 29.7 Å². The Kier molecular flexibility index (Phi) is 5.94. The van der Waals surface area contributed by atoms with Crippen molar-refractivity contribution in [2.75, 3.05) is 11.4 Å². The number of allylic oxidation sites excluding steroid dienone is 1. The molecule has 5 rings (SSSR count). The highest BCUT2D eigenvalue weighted by molar-refractivity contribution is 5.89. The van der Waals surface area contributed by atoms with Gasteiger partial charge in [0.1, 0.15) is 12.6 Å². The summed E-state index contributed by atoms with van der Waals surface area (Å²) in [5.74, 6) is 0.584. The van der Waals surface area contributed by atoms with Gasteiger partial charge in [0.2, 0.25) is 5.91 Å². The van der Waals surface area contributed by atoms with E-state index in [4.69, 9.17) is 0 Å². The third kappa shape index (κ3) is 4.53. The molecule has 1 atom stereocenters. The van der Waals surface area contributed by atoms with E-state index in [1.54, 1.807) is 4.68 Å². The third-order valence-corrected chi connectivity index (χ3v) is 6.63. The molecule has 1 amide bonds. The van der Waals surface area contributed by atoms with Gasteiger partial charge in [-0.2, -0.15) is 4.68 Å². The van der Waals surface area contributed by atoms with Gasteiger partial charge in [-0.1, -0.05) is 84.0 Å². The van der Waals surface area contributed by atoms with Crippen LogP contribution in [0.3, 0.4) is 0 Å². The molecule has 1 fully saturated rings. The van der Waals surface area contributed by atoms with Crippen molar-refractivity contribution in [3.63, 3.8) is 0 Å². The van der Waals surface area contributed by atoms with Crippen LogP contribution in [0.4, 0.5) is 5.95 Å². The molecule has 1 aromatic heterocycles. The van der Waals surface area contributed by atoms with Crippen LogP contribution in [0.2, 0.25) is 0 Å². The van der Waals surface area contributed by atoms with Gasteiger partial charge in [-0.3, -0.25) is 9.69 Å². The molecule has 1 aliphatic heterocycles. The standard InChI is InChI=1S/C26H30N6O/c1-18-8-12-20(13-9-18)23-16-24(21-14-10-19(2)11-15-21)32-26(28-29-30-32)31(23)17-25(33)27-22-6-4-3-5-7-22/h8-16,22,24H,3-7,17H2,1-2H3,(H,27,33). The molecule has 2 aliphatic rings. The van der Waals surface area contributed by atoms with Gasteiger partial charge in [0.05, 0.1) is 5.70 Å². The fourth-order valence-electron chi connectivity index (χ4n) is 4.76. The van der Waals surface area contributed by atoms with E-state index in [1.165, 1.54) is 30.4 Å². The molecule has 3 aromatic rings. The van der Waals surface area contributed by atoms with Gasteiger partial charge in [0.15, 0.2) is 0 Å². The number of nitrogens with zero attached hydrogens (tertiary/aromatic N) is 5. The predicted octanol–water partition coefficient (Wildman–Crippen LogP) is 4.19. The van der Waals surface area contributed by atoms with E-state index >= 15 is 0 Å². The smallest absolute Gasteiger partial charge is 0.251 e. The van der Waals surface area contributed by atoms with Crippen LogP contribution in [0.5, 0.6) is 0 Å². The Balaban J connectivity index is 1.50. The van der Waals surface area contributed by atoms with E-state index in [-0.39, 0.29) is 24.5 Å². The molecule has 1 N–H and O–H groups in total. The second-order valence-electron chi connectivity index (χ2n) is 9.19. The van der Waals surface area contributed by atoms with Crippen molar-refractivity contribution in [3.8, 4) is 0 Å². The Bertz CT molecular complexity index is 1140. The van der Waals surface area contributed by atoms with Crippen LogP contribution in [0.1, 0.15) is 60.4 Å². The summed E-state index contributed by atoms with van der Waals surface area (Å²) in [5.41, 5.74) is 5.48. The number of aromatic nitrogens is 4. The molecule has 0 saturated heterocycles. The Hall–Kier alpha value is -3.48. The quantitative estimate of drug-likeness (QED) is 0.641. The molecular weight excluding hydrogens is 412 g/mol. The predicted molar refractivity (Wildman–Crippen MR) is 129 cm³/mol. The number of tetrazole rings is 1. The number of hydrogen-bond donors (Lipinski definition) is 1. The molecule has 7 nitrogen and oxygen atoms in total. The lowest BCUT2D eigenvalue weighted by Crippen LogP contribution is -2.44. The van der Waals surface area contributed by atoms with Gasteiger partial charge in [0, 0.05) is 6.04 Å². The first-order chi connectivity index (χ1) is 16.1. The minimum absolute atomic E-state index is 0.00301. The zero-order valence-corrected chi connectivity index (χ0v) is 19.2. The van der Waals surface area contributed by atoms with Crippen molar-refractivity contribution in [1.29, 1.82) is 0 Å². The van der Waals surface area contributed by atoms with Crippen LogP contribution in [0.15, 0.2) is 54.6 Å². The SMILES string of the molecule is Cc1ccc(C2=CC(c3ccc(C)cc3)n3nnnc3N2CC(=O)NC2CCCCC2)cc1. The lowest BCUT2D eigenvalue weighted by molar-refractivity contribution is -0.120. The highest BCUT2D eigenvalue weighted by Gasteiger charge is 2.32. The average Bonchev–Trinajstić information content (AvgIpc) is 3.31. The van der Waals surface area contributed by atoms with E-state index in [1.807, 2.05) is 4.90 Å². The largest absolute Gasteiger partial charge is 0.352 e. The first kappa shape index (κ1) is 21.4. The Labute approximate surface area is 194 Å². The summed E-state index contributed by atoms with van der Waals surface area (Å²) >= 11 is 0. The van der Waals surface area contributed by atoms with Crippen molar-refractivity contribution in [2.24, 2.45) is 0 Å². The lowest BCUT2D eigenvalue weighted by Gasteiger charge is -2.33. The van der Waals surface area contributed by atoms with Gasteiger partial charge in [0.25, 0.3) is 5.95 Å². The maximum atomic E-state index is 13.1. The molecule has 7 heteroatoms. The molecule has 1 saturated carbocycles. The monoisotopic (exact) mass is 442 g/mol. The van der Waals surface area contributed by atoms with Gasteiger partial charge < -0.3 is 5.32 Å². The number of fused-ring (bicyclic) bond motifs is 1. The maximum Gasteiger partial charge on any atom is 0.251 e. The number of carbonyl (C=O) groups excluding carboxylic acids is 1. The minimum Gasteiger partial charge on any atom is -0.352 e. The summed E-state index contributed by atoms with van der Waals surface area (Å²) in [7, 11) is 0. The van der Waals surface area contributed by atoms with E-state index < -0.39 is 0 Å². The van der Waals surface area contributed by atoms with Crippen LogP contribution in [0, 0.1) is 13.8 Å². The summed E-state index contributed by atoms with van der Waals surface area (Å²) in [4.78, 5) is 15.0. The maximum absolute atomic E-state index is 13.1. The molecule has 1 aliphatic carbocycles. The molecule has 170 valence electrons. The zero-order valence-electron chi connectivity index (χ0n) is 19.2. The summed E-state index contributed by atoms with van der Waals surface area (Å²) in [6.07, 6.45) is 7.89. The number of amides is 1. The number of aryl methyl sites for hydroxylation is 2. The van der Waals surface area contributed by atoms with E-state index in [9.17, 15) is 4.79 Å². The summed E-state index contributed by atoms with van der Waals surface area (Å²) in [6.45, 7) is 4.33.